The summed E-state index contributed by atoms with van der Waals surface area (Å²) in [7, 11) is 3.36. The van der Waals surface area contributed by atoms with E-state index in [0.29, 0.717) is 0 Å². The van der Waals surface area contributed by atoms with Crippen molar-refractivity contribution in [3.05, 3.63) is 59.7 Å². The molecule has 2 heterocycles. The van der Waals surface area contributed by atoms with Gasteiger partial charge in [-0.2, -0.15) is 5.01 Å². The topological polar surface area (TPSA) is 43.0 Å². The van der Waals surface area contributed by atoms with Crippen molar-refractivity contribution in [3.8, 4) is 17.2 Å². The molecule has 2 aliphatic heterocycles. The molecule has 1 saturated carbocycles. The normalized spacial score (nSPS) is 22.4. The average Bonchev–Trinajstić information content (AvgIpc) is 3.36. The maximum Gasteiger partial charge on any atom is 0.180 e. The van der Waals surface area contributed by atoms with Gasteiger partial charge in [0.15, 0.2) is 5.72 Å². The SMILES string of the molecule is COc1ccc(C2=C[C@@H]3c4ccccc4OC4(CCCC4)N3N2)c(OC)c1. The minimum atomic E-state index is -0.281. The summed E-state index contributed by atoms with van der Waals surface area (Å²) in [6.07, 6.45) is 6.73. The molecule has 0 bridgehead atoms. The lowest BCUT2D eigenvalue weighted by Gasteiger charge is -2.46. The van der Waals surface area contributed by atoms with Gasteiger partial charge >= 0.3 is 0 Å². The number of nitrogens with zero attached hydrogens (tertiary/aromatic N) is 1. The van der Waals surface area contributed by atoms with E-state index in [0.717, 1.165) is 41.4 Å². The van der Waals surface area contributed by atoms with Crippen LogP contribution in [0.4, 0.5) is 0 Å². The first kappa shape index (κ1) is 16.5. The van der Waals surface area contributed by atoms with Crippen LogP contribution in [0.5, 0.6) is 17.2 Å². The molecule has 1 N–H and O–H groups in total. The number of ether oxygens (including phenoxy) is 3. The summed E-state index contributed by atoms with van der Waals surface area (Å²) in [6.45, 7) is 0. The van der Waals surface area contributed by atoms with E-state index >= 15 is 0 Å². The Balaban J connectivity index is 1.59. The Labute approximate surface area is 159 Å². The van der Waals surface area contributed by atoms with Gasteiger partial charge in [0.1, 0.15) is 17.2 Å². The summed E-state index contributed by atoms with van der Waals surface area (Å²) in [5.41, 5.74) is 6.64. The van der Waals surface area contributed by atoms with Gasteiger partial charge in [0.2, 0.25) is 0 Å². The fourth-order valence-corrected chi connectivity index (χ4v) is 4.57. The Bertz CT molecular complexity index is 902. The van der Waals surface area contributed by atoms with Crippen molar-refractivity contribution in [2.24, 2.45) is 0 Å². The number of hydrogen-bond donors (Lipinski definition) is 1. The highest BCUT2D eigenvalue weighted by Gasteiger charge is 2.51. The maximum atomic E-state index is 6.55. The molecule has 5 rings (SSSR count). The fourth-order valence-electron chi connectivity index (χ4n) is 4.57. The Morgan fingerprint density at radius 3 is 2.67 bits per heavy atom. The second kappa shape index (κ2) is 6.20. The van der Waals surface area contributed by atoms with Gasteiger partial charge in [-0.15, -0.1) is 0 Å². The molecule has 3 aliphatic rings. The van der Waals surface area contributed by atoms with Crippen molar-refractivity contribution in [3.63, 3.8) is 0 Å². The Morgan fingerprint density at radius 2 is 1.89 bits per heavy atom. The first-order valence-corrected chi connectivity index (χ1v) is 9.52. The molecule has 1 spiro atoms. The molecular weight excluding hydrogens is 340 g/mol. The molecule has 2 aromatic rings. The maximum absolute atomic E-state index is 6.55. The molecule has 1 aliphatic carbocycles. The Morgan fingerprint density at radius 1 is 1.07 bits per heavy atom. The lowest BCUT2D eigenvalue weighted by Crippen LogP contribution is -2.58. The van der Waals surface area contributed by atoms with Crippen molar-refractivity contribution in [1.82, 2.24) is 10.4 Å². The number of rotatable bonds is 3. The summed E-state index contributed by atoms with van der Waals surface area (Å²) < 4.78 is 17.5. The molecule has 5 heteroatoms. The highest BCUT2D eigenvalue weighted by molar-refractivity contribution is 5.72. The number of hydrazine groups is 1. The molecule has 1 atom stereocenters. The lowest BCUT2D eigenvalue weighted by molar-refractivity contribution is -0.125. The van der Waals surface area contributed by atoms with E-state index in [1.54, 1.807) is 14.2 Å². The smallest absolute Gasteiger partial charge is 0.180 e. The minimum Gasteiger partial charge on any atom is -0.497 e. The standard InChI is InChI=1S/C22H24N2O3/c1-25-15-9-10-16(21(13-15)26-2)18-14-19-17-7-3-4-8-20(17)27-22(24(19)23-18)11-5-6-12-22/h3-4,7-10,13-14,19,23H,5-6,11-12H2,1-2H3/t19-/m1/s1. The quantitative estimate of drug-likeness (QED) is 0.881. The van der Waals surface area contributed by atoms with E-state index in [4.69, 9.17) is 14.2 Å². The number of para-hydroxylation sites is 1. The first-order chi connectivity index (χ1) is 13.2. The van der Waals surface area contributed by atoms with Gasteiger partial charge in [-0.3, -0.25) is 0 Å². The molecule has 0 aromatic heterocycles. The predicted molar refractivity (Wildman–Crippen MR) is 104 cm³/mol. The highest BCUT2D eigenvalue weighted by Crippen LogP contribution is 2.51. The zero-order valence-corrected chi connectivity index (χ0v) is 15.7. The van der Waals surface area contributed by atoms with Crippen LogP contribution < -0.4 is 19.6 Å². The van der Waals surface area contributed by atoms with Crippen LogP contribution in [-0.2, 0) is 0 Å². The summed E-state index contributed by atoms with van der Waals surface area (Å²) in [5.74, 6) is 2.58. The Hall–Kier alpha value is -2.66. The first-order valence-electron chi connectivity index (χ1n) is 9.52. The fraction of sp³-hybridized carbons (Fsp3) is 0.364. The zero-order chi connectivity index (χ0) is 18.4. The molecule has 0 saturated heterocycles. The van der Waals surface area contributed by atoms with E-state index in [2.05, 4.69) is 40.8 Å². The summed E-state index contributed by atoms with van der Waals surface area (Å²) in [4.78, 5) is 0. The molecular formula is C22H24N2O3. The number of hydrogen-bond acceptors (Lipinski definition) is 5. The molecule has 140 valence electrons. The molecule has 0 unspecified atom stereocenters. The molecule has 0 radical (unpaired) electrons. The van der Waals surface area contributed by atoms with Gasteiger partial charge in [-0.25, -0.2) is 0 Å². The predicted octanol–water partition coefficient (Wildman–Crippen LogP) is 4.27. The summed E-state index contributed by atoms with van der Waals surface area (Å²) >= 11 is 0. The number of nitrogens with one attached hydrogen (secondary N) is 1. The average molecular weight is 364 g/mol. The zero-order valence-electron chi connectivity index (χ0n) is 15.7. The summed E-state index contributed by atoms with van der Waals surface area (Å²) in [5, 5.41) is 2.31. The third-order valence-electron chi connectivity index (χ3n) is 5.90. The number of methoxy groups -OCH3 is 2. The van der Waals surface area contributed by atoms with E-state index in [9.17, 15) is 0 Å². The molecule has 1 fully saturated rings. The van der Waals surface area contributed by atoms with E-state index < -0.39 is 0 Å². The molecule has 2 aromatic carbocycles. The van der Waals surface area contributed by atoms with Crippen molar-refractivity contribution in [2.75, 3.05) is 14.2 Å². The Kier molecular flexibility index (Phi) is 3.79. The van der Waals surface area contributed by atoms with Gasteiger partial charge in [0, 0.05) is 30.0 Å². The van der Waals surface area contributed by atoms with Crippen LogP contribution in [0.2, 0.25) is 0 Å². The van der Waals surface area contributed by atoms with Gasteiger partial charge in [0.25, 0.3) is 0 Å². The van der Waals surface area contributed by atoms with Crippen LogP contribution >= 0.6 is 0 Å². The van der Waals surface area contributed by atoms with Gasteiger partial charge in [-0.05, 0) is 37.1 Å². The van der Waals surface area contributed by atoms with Gasteiger partial charge in [-0.1, -0.05) is 18.2 Å². The second-order valence-electron chi connectivity index (χ2n) is 7.37. The lowest BCUT2D eigenvalue weighted by atomic mass is 9.98. The van der Waals surface area contributed by atoms with Crippen LogP contribution in [-0.4, -0.2) is 25.0 Å². The van der Waals surface area contributed by atoms with Crippen LogP contribution in [0, 0.1) is 0 Å². The van der Waals surface area contributed by atoms with Crippen molar-refractivity contribution >= 4 is 5.70 Å². The molecule has 0 amide bonds. The summed E-state index contributed by atoms with van der Waals surface area (Å²) in [6, 6.07) is 14.5. The van der Waals surface area contributed by atoms with Crippen LogP contribution in [0.25, 0.3) is 5.70 Å². The highest BCUT2D eigenvalue weighted by atomic mass is 16.5. The monoisotopic (exact) mass is 364 g/mol. The van der Waals surface area contributed by atoms with Gasteiger partial charge in [0.05, 0.1) is 26.0 Å². The van der Waals surface area contributed by atoms with Crippen molar-refractivity contribution in [1.29, 1.82) is 0 Å². The van der Waals surface area contributed by atoms with Crippen LogP contribution in [0.3, 0.4) is 0 Å². The molecule has 5 nitrogen and oxygen atoms in total. The number of fused-ring (bicyclic) bond motifs is 4. The molecule has 27 heavy (non-hydrogen) atoms. The van der Waals surface area contributed by atoms with Crippen LogP contribution in [0.1, 0.15) is 42.9 Å². The van der Waals surface area contributed by atoms with E-state index in [1.165, 1.54) is 18.4 Å². The van der Waals surface area contributed by atoms with Crippen LogP contribution in [0.15, 0.2) is 48.5 Å². The third-order valence-corrected chi connectivity index (χ3v) is 5.90. The largest absolute Gasteiger partial charge is 0.497 e. The third kappa shape index (κ3) is 2.49. The van der Waals surface area contributed by atoms with E-state index in [1.807, 2.05) is 18.2 Å². The second-order valence-corrected chi connectivity index (χ2v) is 7.37. The van der Waals surface area contributed by atoms with Crippen molar-refractivity contribution in [2.45, 2.75) is 37.5 Å². The number of benzene rings is 2. The van der Waals surface area contributed by atoms with E-state index in [-0.39, 0.29) is 11.8 Å². The van der Waals surface area contributed by atoms with Gasteiger partial charge < -0.3 is 19.6 Å². The van der Waals surface area contributed by atoms with Crippen molar-refractivity contribution < 1.29 is 14.2 Å². The minimum absolute atomic E-state index is 0.148.